The molecule has 0 nitrogen and oxygen atoms in total. The molecule has 0 amide bonds. The van der Waals surface area contributed by atoms with Gasteiger partial charge in [0.1, 0.15) is 0 Å². The van der Waals surface area contributed by atoms with Gasteiger partial charge in [-0.15, -0.1) is 0 Å². The van der Waals surface area contributed by atoms with E-state index in [4.69, 9.17) is 0 Å². The molecule has 0 aromatic heterocycles. The monoisotopic (exact) mass is 350 g/mol. The topological polar surface area (TPSA) is 0 Å². The Morgan fingerprint density at radius 3 is 2.47 bits per heavy atom. The third kappa shape index (κ3) is 1.78. The molecule has 1 aliphatic rings. The highest BCUT2D eigenvalue weighted by molar-refractivity contribution is 9.10. The van der Waals surface area contributed by atoms with Gasteiger partial charge in [-0.05, 0) is 34.4 Å². The molecule has 0 bridgehead atoms. The molecule has 0 radical (unpaired) electrons. The molecular weight excluding hydrogens is 340 g/mol. The van der Waals surface area contributed by atoms with Crippen molar-refractivity contribution < 1.29 is 0 Å². The maximum absolute atomic E-state index is 3.75. The summed E-state index contributed by atoms with van der Waals surface area (Å²) in [4.78, 5) is 0.444. The fraction of sp³-hybridized carbons (Fsp3) is 0.200. The number of alkyl halides is 1. The number of halogens is 2. The lowest BCUT2D eigenvalue weighted by molar-refractivity contribution is 0.828. The molecule has 17 heavy (non-hydrogen) atoms. The predicted octanol–water partition coefficient (Wildman–Crippen LogP) is 5.34. The normalized spacial score (nSPS) is 18.6. The molecule has 0 N–H and O–H groups in total. The fourth-order valence-electron chi connectivity index (χ4n) is 2.71. The van der Waals surface area contributed by atoms with Crippen LogP contribution in [0.3, 0.4) is 0 Å². The SMILES string of the molecule is C[C@@H](Br)[C@H]1c2ccccc2-c2ccc(Br)cc21. The Balaban J connectivity index is 2.29. The van der Waals surface area contributed by atoms with Crippen LogP contribution in [0.15, 0.2) is 46.9 Å². The van der Waals surface area contributed by atoms with Crippen molar-refractivity contribution in [2.24, 2.45) is 0 Å². The van der Waals surface area contributed by atoms with Crippen LogP contribution in [0.4, 0.5) is 0 Å². The molecule has 0 aliphatic heterocycles. The Bertz CT molecular complexity index is 573. The first-order valence-corrected chi connectivity index (χ1v) is 7.42. The van der Waals surface area contributed by atoms with Crippen LogP contribution >= 0.6 is 31.9 Å². The first-order valence-electron chi connectivity index (χ1n) is 5.71. The van der Waals surface area contributed by atoms with Gasteiger partial charge in [0.2, 0.25) is 0 Å². The zero-order chi connectivity index (χ0) is 12.0. The molecular formula is C15H12Br2. The zero-order valence-corrected chi connectivity index (χ0v) is 12.6. The average Bonchev–Trinajstić information content (AvgIpc) is 2.62. The molecule has 3 rings (SSSR count). The second-order valence-electron chi connectivity index (χ2n) is 4.47. The van der Waals surface area contributed by atoms with E-state index in [2.05, 4.69) is 81.2 Å². The van der Waals surface area contributed by atoms with Crippen LogP contribution in [0, 0.1) is 0 Å². The third-order valence-electron chi connectivity index (χ3n) is 3.39. The van der Waals surface area contributed by atoms with E-state index < -0.39 is 0 Å². The Hall–Kier alpha value is -0.600. The largest absolute Gasteiger partial charge is 0.0883 e. The van der Waals surface area contributed by atoms with Gasteiger partial charge in [-0.25, -0.2) is 0 Å². The minimum absolute atomic E-state index is 0.444. The fourth-order valence-corrected chi connectivity index (χ4v) is 3.66. The van der Waals surface area contributed by atoms with E-state index in [1.807, 2.05) is 0 Å². The molecule has 1 aliphatic carbocycles. The second kappa shape index (κ2) is 4.25. The van der Waals surface area contributed by atoms with Crippen LogP contribution in [-0.4, -0.2) is 4.83 Å². The molecule has 0 saturated carbocycles. The van der Waals surface area contributed by atoms with Crippen LogP contribution in [0.25, 0.3) is 11.1 Å². The molecule has 86 valence electrons. The second-order valence-corrected chi connectivity index (χ2v) is 6.83. The first kappa shape index (κ1) is 11.5. The molecule has 0 unspecified atom stereocenters. The molecule has 2 aromatic rings. The lowest BCUT2D eigenvalue weighted by Gasteiger charge is -2.16. The van der Waals surface area contributed by atoms with E-state index in [0.717, 1.165) is 4.47 Å². The summed E-state index contributed by atoms with van der Waals surface area (Å²) in [6, 6.07) is 15.3. The predicted molar refractivity (Wildman–Crippen MR) is 79.8 cm³/mol. The number of fused-ring (bicyclic) bond motifs is 3. The lowest BCUT2D eigenvalue weighted by atomic mass is 9.94. The summed E-state index contributed by atoms with van der Waals surface area (Å²) in [7, 11) is 0. The summed E-state index contributed by atoms with van der Waals surface area (Å²) in [5.41, 5.74) is 5.61. The molecule has 0 saturated heterocycles. The molecule has 2 atom stereocenters. The lowest BCUT2D eigenvalue weighted by Crippen LogP contribution is -2.07. The summed E-state index contributed by atoms with van der Waals surface area (Å²) in [6.07, 6.45) is 0. The highest BCUT2D eigenvalue weighted by Crippen LogP contribution is 2.48. The zero-order valence-electron chi connectivity index (χ0n) is 9.45. The van der Waals surface area contributed by atoms with Gasteiger partial charge in [0.15, 0.2) is 0 Å². The Morgan fingerprint density at radius 2 is 1.71 bits per heavy atom. The van der Waals surface area contributed by atoms with Gasteiger partial charge in [-0.1, -0.05) is 69.1 Å². The van der Waals surface area contributed by atoms with Crippen molar-refractivity contribution in [3.8, 4) is 11.1 Å². The van der Waals surface area contributed by atoms with E-state index >= 15 is 0 Å². The van der Waals surface area contributed by atoms with Crippen LogP contribution in [0.5, 0.6) is 0 Å². The summed E-state index contributed by atoms with van der Waals surface area (Å²) in [5, 5.41) is 0. The van der Waals surface area contributed by atoms with E-state index in [0.29, 0.717) is 10.7 Å². The maximum atomic E-state index is 3.75. The Labute approximate surface area is 118 Å². The van der Waals surface area contributed by atoms with Crippen molar-refractivity contribution in [2.75, 3.05) is 0 Å². The van der Waals surface area contributed by atoms with E-state index in [1.54, 1.807) is 0 Å². The molecule has 2 heteroatoms. The van der Waals surface area contributed by atoms with Crippen LogP contribution in [-0.2, 0) is 0 Å². The van der Waals surface area contributed by atoms with Gasteiger partial charge in [0.05, 0.1) is 0 Å². The maximum Gasteiger partial charge on any atom is 0.0227 e. The quantitative estimate of drug-likeness (QED) is 0.608. The average molecular weight is 352 g/mol. The van der Waals surface area contributed by atoms with Gasteiger partial charge in [-0.2, -0.15) is 0 Å². The third-order valence-corrected chi connectivity index (χ3v) is 4.42. The van der Waals surface area contributed by atoms with E-state index in [9.17, 15) is 0 Å². The van der Waals surface area contributed by atoms with Gasteiger partial charge in [-0.3, -0.25) is 0 Å². The molecule has 0 fully saturated rings. The van der Waals surface area contributed by atoms with E-state index in [-0.39, 0.29) is 0 Å². The molecule has 2 aromatic carbocycles. The van der Waals surface area contributed by atoms with Crippen molar-refractivity contribution in [2.45, 2.75) is 17.7 Å². The van der Waals surface area contributed by atoms with Crippen LogP contribution in [0.1, 0.15) is 24.0 Å². The van der Waals surface area contributed by atoms with Gasteiger partial charge in [0, 0.05) is 15.2 Å². The van der Waals surface area contributed by atoms with Crippen molar-refractivity contribution >= 4 is 31.9 Å². The minimum Gasteiger partial charge on any atom is -0.0883 e. The smallest absolute Gasteiger partial charge is 0.0227 e. The standard InChI is InChI=1S/C15H12Br2/c1-9(16)15-13-5-3-2-4-11(13)12-7-6-10(17)8-14(12)15/h2-9,15H,1H3/t9-,15+/m1/s1. The number of rotatable bonds is 1. The van der Waals surface area contributed by atoms with E-state index in [1.165, 1.54) is 22.3 Å². The number of hydrogen-bond acceptors (Lipinski definition) is 0. The minimum atomic E-state index is 0.444. The summed E-state index contributed by atoms with van der Waals surface area (Å²) < 4.78 is 1.15. The Kier molecular flexibility index (Phi) is 2.87. The number of benzene rings is 2. The van der Waals surface area contributed by atoms with Gasteiger partial charge >= 0.3 is 0 Å². The molecule has 0 spiro atoms. The highest BCUT2D eigenvalue weighted by Gasteiger charge is 2.31. The molecule has 0 heterocycles. The highest BCUT2D eigenvalue weighted by atomic mass is 79.9. The van der Waals surface area contributed by atoms with Gasteiger partial charge in [0.25, 0.3) is 0 Å². The van der Waals surface area contributed by atoms with Crippen molar-refractivity contribution in [3.05, 3.63) is 58.1 Å². The number of hydrogen-bond donors (Lipinski definition) is 0. The first-order chi connectivity index (χ1) is 8.18. The summed E-state index contributed by atoms with van der Waals surface area (Å²) >= 11 is 7.32. The van der Waals surface area contributed by atoms with Crippen molar-refractivity contribution in [1.82, 2.24) is 0 Å². The van der Waals surface area contributed by atoms with Crippen LogP contribution < -0.4 is 0 Å². The summed E-state index contributed by atoms with van der Waals surface area (Å²) in [6.45, 7) is 2.22. The Morgan fingerprint density at radius 1 is 1.00 bits per heavy atom. The summed E-state index contributed by atoms with van der Waals surface area (Å²) in [5.74, 6) is 0.457. The van der Waals surface area contributed by atoms with Crippen molar-refractivity contribution in [1.29, 1.82) is 0 Å². The van der Waals surface area contributed by atoms with Crippen molar-refractivity contribution in [3.63, 3.8) is 0 Å². The van der Waals surface area contributed by atoms with Gasteiger partial charge < -0.3 is 0 Å². The van der Waals surface area contributed by atoms with Crippen LogP contribution in [0.2, 0.25) is 0 Å².